The molecule has 1 aromatic rings. The maximum Gasteiger partial charge on any atom is 0.232 e. The molecule has 1 saturated carbocycles. The van der Waals surface area contributed by atoms with Crippen LogP contribution in [0.3, 0.4) is 0 Å². The Bertz CT molecular complexity index is 472. The van der Waals surface area contributed by atoms with E-state index in [1.165, 1.54) is 12.8 Å². The fraction of sp³-hybridized carbons (Fsp3) is 0.500. The van der Waals surface area contributed by atoms with Crippen LogP contribution in [0.5, 0.6) is 0 Å². The quantitative estimate of drug-likeness (QED) is 0.908. The Hall–Kier alpha value is -0.870. The van der Waals surface area contributed by atoms with Crippen LogP contribution in [0.4, 0.5) is 0 Å². The number of carbonyl (C=O) groups excluding carboxylic acids is 1. The molecule has 0 spiro atoms. The third-order valence-corrected chi connectivity index (χ3v) is 4.70. The maximum absolute atomic E-state index is 11.9. The molecule has 0 radical (unpaired) electrons. The van der Waals surface area contributed by atoms with Crippen LogP contribution in [0.15, 0.2) is 24.3 Å². The number of hydrogen-bond donors (Lipinski definition) is 1. The summed E-state index contributed by atoms with van der Waals surface area (Å²) >= 11 is 5.87. The van der Waals surface area contributed by atoms with E-state index in [2.05, 4.69) is 5.32 Å². The zero-order valence-electron chi connectivity index (χ0n) is 10.7. The average Bonchev–Trinajstić information content (AvgIpc) is 2.81. The van der Waals surface area contributed by atoms with Gasteiger partial charge in [-0.2, -0.15) is 0 Å². The van der Waals surface area contributed by atoms with Gasteiger partial charge in [-0.1, -0.05) is 36.6 Å². The molecule has 3 nitrogen and oxygen atoms in total. The van der Waals surface area contributed by atoms with E-state index >= 15 is 0 Å². The van der Waals surface area contributed by atoms with E-state index in [0.717, 1.165) is 18.4 Å². The maximum atomic E-state index is 11.9. The normalized spacial score (nSPS) is 17.3. The van der Waals surface area contributed by atoms with Gasteiger partial charge in [0, 0.05) is 27.6 Å². The van der Waals surface area contributed by atoms with Gasteiger partial charge in [0.25, 0.3) is 0 Å². The second-order valence-corrected chi connectivity index (χ2v) is 6.80. The van der Waals surface area contributed by atoms with Gasteiger partial charge in [-0.15, -0.1) is 0 Å². The fourth-order valence-corrected chi connectivity index (χ4v) is 3.59. The molecule has 0 unspecified atom stereocenters. The summed E-state index contributed by atoms with van der Waals surface area (Å²) in [6.07, 6.45) is 4.45. The number of amides is 1. The number of carbonyl (C=O) groups is 1. The van der Waals surface area contributed by atoms with Crippen molar-refractivity contribution in [3.05, 3.63) is 34.9 Å². The molecule has 0 heterocycles. The molecule has 19 heavy (non-hydrogen) atoms. The Balaban J connectivity index is 1.78. The first-order valence-corrected chi connectivity index (χ1v) is 8.39. The van der Waals surface area contributed by atoms with E-state index in [1.807, 2.05) is 12.1 Å². The Labute approximate surface area is 121 Å². The SMILES string of the molecule is O=C(C[S@](=O)Cc1cccc(Cl)c1)NC1CCCC1. The molecule has 1 aliphatic carbocycles. The topological polar surface area (TPSA) is 46.2 Å². The highest BCUT2D eigenvalue weighted by Crippen LogP contribution is 2.17. The molecular weight excluding hydrogens is 282 g/mol. The minimum absolute atomic E-state index is 0.0724. The first-order chi connectivity index (χ1) is 9.13. The van der Waals surface area contributed by atoms with E-state index < -0.39 is 10.8 Å². The van der Waals surface area contributed by atoms with Crippen molar-refractivity contribution < 1.29 is 9.00 Å². The van der Waals surface area contributed by atoms with Gasteiger partial charge in [-0.3, -0.25) is 9.00 Å². The van der Waals surface area contributed by atoms with Crippen LogP contribution < -0.4 is 5.32 Å². The lowest BCUT2D eigenvalue weighted by Crippen LogP contribution is -2.35. The summed E-state index contributed by atoms with van der Waals surface area (Å²) in [6.45, 7) is 0. The lowest BCUT2D eigenvalue weighted by molar-refractivity contribution is -0.119. The molecule has 0 aliphatic heterocycles. The van der Waals surface area contributed by atoms with E-state index in [4.69, 9.17) is 11.6 Å². The highest BCUT2D eigenvalue weighted by atomic mass is 35.5. The first-order valence-electron chi connectivity index (χ1n) is 6.52. The van der Waals surface area contributed by atoms with Crippen molar-refractivity contribution in [3.63, 3.8) is 0 Å². The third kappa shape index (κ3) is 4.96. The minimum atomic E-state index is -1.18. The fourth-order valence-electron chi connectivity index (χ4n) is 2.35. The van der Waals surface area contributed by atoms with Crippen LogP contribution in [-0.2, 0) is 21.3 Å². The van der Waals surface area contributed by atoms with Crippen LogP contribution in [0.25, 0.3) is 0 Å². The second-order valence-electron chi connectivity index (χ2n) is 4.91. The minimum Gasteiger partial charge on any atom is -0.353 e. The van der Waals surface area contributed by atoms with Crippen molar-refractivity contribution in [1.82, 2.24) is 5.32 Å². The van der Waals surface area contributed by atoms with Gasteiger partial charge in [0.15, 0.2) is 0 Å². The number of benzene rings is 1. The summed E-state index contributed by atoms with van der Waals surface area (Å²) < 4.78 is 11.9. The van der Waals surface area contributed by atoms with Crippen molar-refractivity contribution in [1.29, 1.82) is 0 Å². The largest absolute Gasteiger partial charge is 0.353 e. The van der Waals surface area contributed by atoms with Crippen LogP contribution in [0, 0.1) is 0 Å². The summed E-state index contributed by atoms with van der Waals surface area (Å²) in [7, 11) is -1.18. The summed E-state index contributed by atoms with van der Waals surface area (Å²) in [5.41, 5.74) is 0.902. The number of nitrogens with one attached hydrogen (secondary N) is 1. The van der Waals surface area contributed by atoms with Gasteiger partial charge in [-0.05, 0) is 30.5 Å². The zero-order valence-corrected chi connectivity index (χ0v) is 12.3. The third-order valence-electron chi connectivity index (χ3n) is 3.23. The van der Waals surface area contributed by atoms with Crippen molar-refractivity contribution in [2.24, 2.45) is 0 Å². The Morgan fingerprint density at radius 1 is 1.37 bits per heavy atom. The number of rotatable bonds is 5. The first kappa shape index (κ1) is 14.5. The van der Waals surface area contributed by atoms with E-state index in [1.54, 1.807) is 12.1 Å². The molecule has 1 fully saturated rings. The monoisotopic (exact) mass is 299 g/mol. The second kappa shape index (κ2) is 7.06. The van der Waals surface area contributed by atoms with E-state index in [9.17, 15) is 9.00 Å². The van der Waals surface area contributed by atoms with E-state index in [-0.39, 0.29) is 17.7 Å². The summed E-state index contributed by atoms with van der Waals surface area (Å²) in [6, 6.07) is 7.55. The molecule has 5 heteroatoms. The summed E-state index contributed by atoms with van der Waals surface area (Å²) in [5.74, 6) is 0.342. The predicted octanol–water partition coefficient (Wildman–Crippen LogP) is 2.65. The van der Waals surface area contributed by atoms with Gasteiger partial charge in [0.1, 0.15) is 5.75 Å². The molecule has 0 bridgehead atoms. The zero-order chi connectivity index (χ0) is 13.7. The molecule has 1 amide bonds. The number of halogens is 1. The highest BCUT2D eigenvalue weighted by Gasteiger charge is 2.18. The Morgan fingerprint density at radius 3 is 2.79 bits per heavy atom. The molecule has 0 saturated heterocycles. The van der Waals surface area contributed by atoms with Gasteiger partial charge >= 0.3 is 0 Å². The molecule has 1 aromatic carbocycles. The van der Waals surface area contributed by atoms with Crippen molar-refractivity contribution in [2.45, 2.75) is 37.5 Å². The lowest BCUT2D eigenvalue weighted by Gasteiger charge is -2.11. The van der Waals surface area contributed by atoms with Crippen LogP contribution >= 0.6 is 11.6 Å². The molecule has 104 valence electrons. The highest BCUT2D eigenvalue weighted by molar-refractivity contribution is 7.84. The van der Waals surface area contributed by atoms with Crippen molar-refractivity contribution in [2.75, 3.05) is 5.75 Å². The molecule has 1 aliphatic rings. The average molecular weight is 300 g/mol. The van der Waals surface area contributed by atoms with Gasteiger partial charge in [-0.25, -0.2) is 0 Å². The Morgan fingerprint density at radius 2 is 2.11 bits per heavy atom. The summed E-state index contributed by atoms with van der Waals surface area (Å²) in [4.78, 5) is 11.7. The lowest BCUT2D eigenvalue weighted by atomic mass is 10.2. The van der Waals surface area contributed by atoms with Crippen molar-refractivity contribution >= 4 is 28.3 Å². The predicted molar refractivity (Wildman–Crippen MR) is 78.6 cm³/mol. The molecular formula is C14H18ClNO2S. The molecule has 0 aromatic heterocycles. The van der Waals surface area contributed by atoms with E-state index in [0.29, 0.717) is 10.8 Å². The molecule has 2 rings (SSSR count). The number of hydrogen-bond acceptors (Lipinski definition) is 2. The standard InChI is InChI=1S/C14H18ClNO2S/c15-12-5-3-4-11(8-12)9-19(18)10-14(17)16-13-6-1-2-7-13/h3-5,8,13H,1-2,6-7,9-10H2,(H,16,17)/t19-/m1/s1. The van der Waals surface area contributed by atoms with Gasteiger partial charge < -0.3 is 5.32 Å². The smallest absolute Gasteiger partial charge is 0.232 e. The summed E-state index contributed by atoms with van der Waals surface area (Å²) in [5, 5.41) is 3.58. The van der Waals surface area contributed by atoms with Gasteiger partial charge in [0.2, 0.25) is 5.91 Å². The molecule has 1 atom stereocenters. The van der Waals surface area contributed by atoms with Crippen molar-refractivity contribution in [3.8, 4) is 0 Å². The van der Waals surface area contributed by atoms with Crippen LogP contribution in [0.2, 0.25) is 5.02 Å². The molecule has 1 N–H and O–H groups in total. The van der Waals surface area contributed by atoms with Crippen LogP contribution in [0.1, 0.15) is 31.2 Å². The van der Waals surface area contributed by atoms with Gasteiger partial charge in [0.05, 0.1) is 0 Å². The Kier molecular flexibility index (Phi) is 5.40. The van der Waals surface area contributed by atoms with Crippen LogP contribution in [-0.4, -0.2) is 21.9 Å².